The Bertz CT molecular complexity index is 620. The highest BCUT2D eigenvalue weighted by molar-refractivity contribution is 6.35. The van der Waals surface area contributed by atoms with E-state index in [1.54, 1.807) is 19.4 Å². The molecule has 0 bridgehead atoms. The zero-order valence-electron chi connectivity index (χ0n) is 11.7. The van der Waals surface area contributed by atoms with E-state index in [1.807, 2.05) is 13.0 Å². The van der Waals surface area contributed by atoms with Gasteiger partial charge in [0.05, 0.1) is 12.1 Å². The summed E-state index contributed by atoms with van der Waals surface area (Å²) in [6.07, 6.45) is 1.72. The standard InChI is InChI=1S/C15H15Cl2FN2O/c1-9(11-5-14(18)13(17)6-12(11)16)19-7-10-3-4-15(21-2)20-8-10/h3-6,8-9,19H,7H2,1-2H3. The first-order valence-corrected chi connectivity index (χ1v) is 7.13. The average molecular weight is 329 g/mol. The highest BCUT2D eigenvalue weighted by atomic mass is 35.5. The Kier molecular flexibility index (Phi) is 5.39. The fraction of sp³-hybridized carbons (Fsp3) is 0.267. The summed E-state index contributed by atoms with van der Waals surface area (Å²) in [4.78, 5) is 4.13. The van der Waals surface area contributed by atoms with Crippen molar-refractivity contribution in [2.24, 2.45) is 0 Å². The van der Waals surface area contributed by atoms with Crippen LogP contribution in [0.3, 0.4) is 0 Å². The second-order valence-corrected chi connectivity index (χ2v) is 5.41. The van der Waals surface area contributed by atoms with E-state index in [9.17, 15) is 4.39 Å². The van der Waals surface area contributed by atoms with E-state index in [4.69, 9.17) is 27.9 Å². The zero-order valence-corrected chi connectivity index (χ0v) is 13.2. The van der Waals surface area contributed by atoms with Crippen molar-refractivity contribution in [2.45, 2.75) is 19.5 Å². The second kappa shape index (κ2) is 7.07. The Labute approximate surface area is 133 Å². The van der Waals surface area contributed by atoms with E-state index < -0.39 is 5.82 Å². The Morgan fingerprint density at radius 1 is 1.29 bits per heavy atom. The number of methoxy groups -OCH3 is 1. The van der Waals surface area contributed by atoms with Crippen LogP contribution in [0.1, 0.15) is 24.1 Å². The molecule has 21 heavy (non-hydrogen) atoms. The topological polar surface area (TPSA) is 34.1 Å². The first-order valence-electron chi connectivity index (χ1n) is 6.38. The minimum absolute atomic E-state index is 0.0234. The molecule has 0 saturated carbocycles. The van der Waals surface area contributed by atoms with Crippen LogP contribution in [-0.2, 0) is 6.54 Å². The lowest BCUT2D eigenvalue weighted by molar-refractivity contribution is 0.397. The molecule has 0 fully saturated rings. The van der Waals surface area contributed by atoms with E-state index >= 15 is 0 Å². The van der Waals surface area contributed by atoms with Gasteiger partial charge in [-0.1, -0.05) is 29.3 Å². The van der Waals surface area contributed by atoms with Crippen LogP contribution in [0.25, 0.3) is 0 Å². The van der Waals surface area contributed by atoms with E-state index in [1.165, 1.54) is 12.1 Å². The number of nitrogens with zero attached hydrogens (tertiary/aromatic N) is 1. The molecule has 1 atom stereocenters. The van der Waals surface area contributed by atoms with Gasteiger partial charge in [-0.05, 0) is 30.2 Å². The number of pyridine rings is 1. The van der Waals surface area contributed by atoms with Crippen molar-refractivity contribution in [2.75, 3.05) is 7.11 Å². The van der Waals surface area contributed by atoms with Crippen LogP contribution in [0.5, 0.6) is 5.88 Å². The van der Waals surface area contributed by atoms with E-state index in [0.717, 1.165) is 5.56 Å². The Morgan fingerprint density at radius 3 is 2.67 bits per heavy atom. The van der Waals surface area contributed by atoms with Crippen LogP contribution in [-0.4, -0.2) is 12.1 Å². The molecule has 6 heteroatoms. The Morgan fingerprint density at radius 2 is 2.05 bits per heavy atom. The summed E-state index contributed by atoms with van der Waals surface area (Å²) in [6.45, 7) is 2.49. The molecule has 0 aliphatic heterocycles. The molecule has 1 aromatic carbocycles. The number of ether oxygens (including phenoxy) is 1. The third-order valence-corrected chi connectivity index (χ3v) is 3.74. The largest absolute Gasteiger partial charge is 0.481 e. The van der Waals surface area contributed by atoms with Crippen LogP contribution in [0.15, 0.2) is 30.5 Å². The lowest BCUT2D eigenvalue weighted by atomic mass is 10.1. The van der Waals surface area contributed by atoms with Gasteiger partial charge in [-0.25, -0.2) is 9.37 Å². The summed E-state index contributed by atoms with van der Waals surface area (Å²) in [5.41, 5.74) is 1.66. The highest BCUT2D eigenvalue weighted by Crippen LogP contribution is 2.28. The van der Waals surface area contributed by atoms with Crippen LogP contribution >= 0.6 is 23.2 Å². The molecule has 1 unspecified atom stereocenters. The van der Waals surface area contributed by atoms with Gasteiger partial charge in [0, 0.05) is 29.9 Å². The van der Waals surface area contributed by atoms with Gasteiger partial charge in [-0.2, -0.15) is 0 Å². The number of hydrogen-bond acceptors (Lipinski definition) is 3. The molecular formula is C15H15Cl2FN2O. The van der Waals surface area contributed by atoms with Crippen molar-refractivity contribution in [3.63, 3.8) is 0 Å². The third-order valence-electron chi connectivity index (χ3n) is 3.13. The first kappa shape index (κ1) is 16.0. The van der Waals surface area contributed by atoms with Gasteiger partial charge in [-0.3, -0.25) is 0 Å². The molecule has 0 spiro atoms. The number of benzene rings is 1. The molecule has 2 rings (SSSR count). The predicted molar refractivity (Wildman–Crippen MR) is 82.5 cm³/mol. The van der Waals surface area contributed by atoms with Gasteiger partial charge >= 0.3 is 0 Å². The molecule has 112 valence electrons. The van der Waals surface area contributed by atoms with Crippen LogP contribution in [0, 0.1) is 5.82 Å². The summed E-state index contributed by atoms with van der Waals surface area (Å²) in [5, 5.41) is 3.73. The maximum Gasteiger partial charge on any atom is 0.212 e. The van der Waals surface area contributed by atoms with Crippen LogP contribution in [0.4, 0.5) is 4.39 Å². The summed E-state index contributed by atoms with van der Waals surface area (Å²) in [6, 6.07) is 6.35. The number of halogens is 3. The van der Waals surface area contributed by atoms with Crippen LogP contribution < -0.4 is 10.1 Å². The van der Waals surface area contributed by atoms with Crippen molar-refractivity contribution in [1.29, 1.82) is 0 Å². The molecule has 0 aliphatic carbocycles. The SMILES string of the molecule is COc1ccc(CNC(C)c2cc(F)c(Cl)cc2Cl)cn1. The quantitative estimate of drug-likeness (QED) is 0.826. The number of rotatable bonds is 5. The number of nitrogens with one attached hydrogen (secondary N) is 1. The average Bonchev–Trinajstić information content (AvgIpc) is 2.49. The fourth-order valence-electron chi connectivity index (χ4n) is 1.89. The molecule has 1 heterocycles. The minimum atomic E-state index is -0.476. The molecule has 0 aliphatic rings. The Hall–Kier alpha value is -1.36. The normalized spacial score (nSPS) is 12.2. The maximum absolute atomic E-state index is 13.5. The summed E-state index contributed by atoms with van der Waals surface area (Å²) in [7, 11) is 1.57. The summed E-state index contributed by atoms with van der Waals surface area (Å²) in [5.74, 6) is 0.0884. The molecule has 1 N–H and O–H groups in total. The summed E-state index contributed by atoms with van der Waals surface area (Å²) < 4.78 is 18.5. The zero-order chi connectivity index (χ0) is 15.4. The first-order chi connectivity index (χ1) is 10.0. The smallest absolute Gasteiger partial charge is 0.212 e. The highest BCUT2D eigenvalue weighted by Gasteiger charge is 2.13. The van der Waals surface area contributed by atoms with Crippen molar-refractivity contribution >= 4 is 23.2 Å². The van der Waals surface area contributed by atoms with Crippen LogP contribution in [0.2, 0.25) is 10.0 Å². The lowest BCUT2D eigenvalue weighted by Crippen LogP contribution is -2.18. The van der Waals surface area contributed by atoms with Gasteiger partial charge in [0.2, 0.25) is 5.88 Å². The Balaban J connectivity index is 2.04. The van der Waals surface area contributed by atoms with Crippen molar-refractivity contribution in [1.82, 2.24) is 10.3 Å². The maximum atomic E-state index is 13.5. The third kappa shape index (κ3) is 4.06. The van der Waals surface area contributed by atoms with Crippen molar-refractivity contribution < 1.29 is 9.13 Å². The predicted octanol–water partition coefficient (Wildman–Crippen LogP) is 4.39. The number of aromatic nitrogens is 1. The summed E-state index contributed by atoms with van der Waals surface area (Å²) >= 11 is 11.8. The fourth-order valence-corrected chi connectivity index (χ4v) is 2.43. The minimum Gasteiger partial charge on any atom is -0.481 e. The van der Waals surface area contributed by atoms with E-state index in [0.29, 0.717) is 23.0 Å². The van der Waals surface area contributed by atoms with Gasteiger partial charge in [0.1, 0.15) is 5.82 Å². The number of hydrogen-bond donors (Lipinski definition) is 1. The van der Waals surface area contributed by atoms with Crippen molar-refractivity contribution in [3.8, 4) is 5.88 Å². The lowest BCUT2D eigenvalue weighted by Gasteiger charge is -2.16. The molecule has 2 aromatic rings. The van der Waals surface area contributed by atoms with E-state index in [2.05, 4.69) is 10.3 Å². The van der Waals surface area contributed by atoms with E-state index in [-0.39, 0.29) is 11.1 Å². The van der Waals surface area contributed by atoms with Gasteiger partial charge in [0.25, 0.3) is 0 Å². The molecule has 0 radical (unpaired) electrons. The van der Waals surface area contributed by atoms with Gasteiger partial charge in [-0.15, -0.1) is 0 Å². The van der Waals surface area contributed by atoms with Crippen molar-refractivity contribution in [3.05, 3.63) is 57.5 Å². The molecular weight excluding hydrogens is 314 g/mol. The molecule has 0 saturated heterocycles. The van der Waals surface area contributed by atoms with Gasteiger partial charge in [0.15, 0.2) is 0 Å². The van der Waals surface area contributed by atoms with Gasteiger partial charge < -0.3 is 10.1 Å². The molecule has 1 aromatic heterocycles. The molecule has 0 amide bonds. The molecule has 3 nitrogen and oxygen atoms in total. The second-order valence-electron chi connectivity index (χ2n) is 4.60. The monoisotopic (exact) mass is 328 g/mol.